The number of esters is 2. The fraction of sp³-hybridized carbons (Fsp3) is 0.296. The lowest BCUT2D eigenvalue weighted by Crippen LogP contribution is -2.46. The molecule has 9 nitrogen and oxygen atoms in total. The van der Waals surface area contributed by atoms with Gasteiger partial charge in [0.1, 0.15) is 24.0 Å². The Morgan fingerprint density at radius 3 is 2.26 bits per heavy atom. The molecule has 4 rings (SSSR count). The van der Waals surface area contributed by atoms with Crippen molar-refractivity contribution in [3.63, 3.8) is 0 Å². The SMILES string of the molecule is CCOC(=O)CN(CC(=O)OCC)C(=O)CN1C(=O)/C(=C\c2ccc3c(c2)Sc2ccccc2N3C)SC1=S. The van der Waals surface area contributed by atoms with Gasteiger partial charge in [0.2, 0.25) is 5.91 Å². The molecule has 1 fully saturated rings. The lowest BCUT2D eigenvalue weighted by molar-refractivity contribution is -0.154. The van der Waals surface area contributed by atoms with Crippen LogP contribution in [0.3, 0.4) is 0 Å². The molecule has 1 saturated heterocycles. The van der Waals surface area contributed by atoms with Crippen LogP contribution in [0.1, 0.15) is 19.4 Å². The first-order valence-corrected chi connectivity index (χ1v) is 14.2. The maximum absolute atomic E-state index is 13.2. The number of amides is 2. The van der Waals surface area contributed by atoms with Crippen molar-refractivity contribution in [3.05, 3.63) is 52.9 Å². The summed E-state index contributed by atoms with van der Waals surface area (Å²) in [5.41, 5.74) is 3.03. The average molecular weight is 586 g/mol. The molecule has 2 aliphatic rings. The second-order valence-electron chi connectivity index (χ2n) is 8.48. The molecule has 2 aliphatic heterocycles. The molecule has 0 aliphatic carbocycles. The van der Waals surface area contributed by atoms with Gasteiger partial charge in [-0.3, -0.25) is 24.1 Å². The molecule has 2 aromatic carbocycles. The van der Waals surface area contributed by atoms with Crippen molar-refractivity contribution in [1.29, 1.82) is 0 Å². The summed E-state index contributed by atoms with van der Waals surface area (Å²) in [5, 5.41) is 0. The molecule has 0 spiro atoms. The Morgan fingerprint density at radius 2 is 1.59 bits per heavy atom. The van der Waals surface area contributed by atoms with Crippen molar-refractivity contribution in [2.45, 2.75) is 23.6 Å². The Labute approximate surface area is 240 Å². The van der Waals surface area contributed by atoms with Gasteiger partial charge in [0.15, 0.2) is 0 Å². The van der Waals surface area contributed by atoms with Gasteiger partial charge in [-0.15, -0.1) is 0 Å². The molecule has 12 heteroatoms. The van der Waals surface area contributed by atoms with Gasteiger partial charge in [-0.1, -0.05) is 53.9 Å². The zero-order valence-corrected chi connectivity index (χ0v) is 24.1. The van der Waals surface area contributed by atoms with E-state index in [1.807, 2.05) is 37.4 Å². The van der Waals surface area contributed by atoms with E-state index in [1.54, 1.807) is 31.7 Å². The number of ether oxygens (including phenoxy) is 2. The maximum atomic E-state index is 13.2. The van der Waals surface area contributed by atoms with E-state index in [9.17, 15) is 19.2 Å². The number of anilines is 2. The first kappa shape index (κ1) is 28.7. The summed E-state index contributed by atoms with van der Waals surface area (Å²) >= 11 is 8.16. The Balaban J connectivity index is 1.49. The van der Waals surface area contributed by atoms with Crippen LogP contribution in [0.25, 0.3) is 6.08 Å². The number of fused-ring (bicyclic) bond motifs is 2. The highest BCUT2D eigenvalue weighted by molar-refractivity contribution is 8.26. The van der Waals surface area contributed by atoms with Gasteiger partial charge in [-0.25, -0.2) is 0 Å². The normalized spacial score (nSPS) is 15.2. The van der Waals surface area contributed by atoms with Gasteiger partial charge in [-0.05, 0) is 49.8 Å². The zero-order chi connectivity index (χ0) is 28.1. The van der Waals surface area contributed by atoms with E-state index in [4.69, 9.17) is 21.7 Å². The maximum Gasteiger partial charge on any atom is 0.325 e. The van der Waals surface area contributed by atoms with Gasteiger partial charge in [0.25, 0.3) is 5.91 Å². The first-order chi connectivity index (χ1) is 18.7. The molecule has 2 aromatic rings. The number of rotatable bonds is 9. The zero-order valence-electron chi connectivity index (χ0n) is 21.7. The minimum absolute atomic E-state index is 0.129. The van der Waals surface area contributed by atoms with Crippen LogP contribution in [-0.4, -0.2) is 77.8 Å². The third-order valence-electron chi connectivity index (χ3n) is 5.86. The Bertz CT molecular complexity index is 1340. The predicted octanol–water partition coefficient (Wildman–Crippen LogP) is 4.08. The van der Waals surface area contributed by atoms with Crippen LogP contribution in [0.2, 0.25) is 0 Å². The Morgan fingerprint density at radius 1 is 0.949 bits per heavy atom. The highest BCUT2D eigenvalue weighted by Gasteiger charge is 2.35. The van der Waals surface area contributed by atoms with Crippen LogP contribution in [0.5, 0.6) is 0 Å². The van der Waals surface area contributed by atoms with Crippen molar-refractivity contribution in [3.8, 4) is 0 Å². The topological polar surface area (TPSA) is 96.5 Å². The van der Waals surface area contributed by atoms with Gasteiger partial charge < -0.3 is 19.3 Å². The van der Waals surface area contributed by atoms with Crippen LogP contribution in [0.15, 0.2) is 57.2 Å². The second-order valence-corrected chi connectivity index (χ2v) is 11.2. The number of hydrogen-bond acceptors (Lipinski definition) is 10. The van der Waals surface area contributed by atoms with Gasteiger partial charge in [0.05, 0.1) is 29.5 Å². The van der Waals surface area contributed by atoms with Crippen LogP contribution >= 0.6 is 35.7 Å². The molecule has 0 unspecified atom stereocenters. The summed E-state index contributed by atoms with van der Waals surface area (Å²) in [7, 11) is 2.02. The van der Waals surface area contributed by atoms with Crippen LogP contribution in [0.4, 0.5) is 11.4 Å². The van der Waals surface area contributed by atoms with Crippen molar-refractivity contribution >= 4 is 81.3 Å². The molecule has 204 valence electrons. The highest BCUT2D eigenvalue weighted by atomic mass is 32.2. The van der Waals surface area contributed by atoms with E-state index >= 15 is 0 Å². The van der Waals surface area contributed by atoms with E-state index in [0.29, 0.717) is 4.91 Å². The fourth-order valence-electron chi connectivity index (χ4n) is 4.03. The van der Waals surface area contributed by atoms with Gasteiger partial charge in [0, 0.05) is 16.8 Å². The summed E-state index contributed by atoms with van der Waals surface area (Å²) in [6.07, 6.45) is 1.75. The lowest BCUT2D eigenvalue weighted by atomic mass is 10.1. The minimum atomic E-state index is -0.668. The van der Waals surface area contributed by atoms with E-state index < -0.39 is 43.4 Å². The standard InChI is InChI=1S/C27H27N3O6S3/c1-4-35-24(32)15-29(16-25(33)36-5-2)23(31)14-30-26(34)22(39-27(30)37)13-17-10-11-19-21(12-17)38-20-9-7-6-8-18(20)28(19)3/h6-13H,4-5,14-16H2,1-3H3/b22-13+. The number of para-hydroxylation sites is 1. The average Bonchev–Trinajstić information content (AvgIpc) is 3.15. The molecule has 2 amide bonds. The van der Waals surface area contributed by atoms with Crippen LogP contribution in [-0.2, 0) is 28.7 Å². The van der Waals surface area contributed by atoms with Crippen LogP contribution in [0, 0.1) is 0 Å². The molecule has 2 heterocycles. The Kier molecular flexibility index (Phi) is 9.31. The van der Waals surface area contributed by atoms with Crippen molar-refractivity contribution in [2.24, 2.45) is 0 Å². The molecule has 0 radical (unpaired) electrons. The molecule has 39 heavy (non-hydrogen) atoms. The molecule has 0 N–H and O–H groups in total. The summed E-state index contributed by atoms with van der Waals surface area (Å²) in [4.78, 5) is 57.2. The molecule has 0 bridgehead atoms. The predicted molar refractivity (Wildman–Crippen MR) is 155 cm³/mol. The molecule has 0 saturated carbocycles. The van der Waals surface area contributed by atoms with Crippen molar-refractivity contribution in [2.75, 3.05) is 44.8 Å². The first-order valence-electron chi connectivity index (χ1n) is 12.2. The van der Waals surface area contributed by atoms with E-state index in [0.717, 1.165) is 43.4 Å². The third kappa shape index (κ3) is 6.63. The van der Waals surface area contributed by atoms with Gasteiger partial charge >= 0.3 is 11.9 Å². The van der Waals surface area contributed by atoms with Crippen LogP contribution < -0.4 is 4.90 Å². The summed E-state index contributed by atoms with van der Waals surface area (Å²) in [5.74, 6) is -2.38. The summed E-state index contributed by atoms with van der Waals surface area (Å²) in [6, 6.07) is 14.1. The molecular weight excluding hydrogens is 559 g/mol. The van der Waals surface area contributed by atoms with E-state index in [1.165, 1.54) is 4.90 Å². The molecule has 0 atom stereocenters. The summed E-state index contributed by atoms with van der Waals surface area (Å²) < 4.78 is 10.0. The number of thioether (sulfide) groups is 1. The lowest BCUT2D eigenvalue weighted by Gasteiger charge is -2.29. The number of carbonyl (C=O) groups is 4. The van der Waals surface area contributed by atoms with Crippen molar-refractivity contribution < 1.29 is 28.7 Å². The molecule has 0 aromatic heterocycles. The monoisotopic (exact) mass is 585 g/mol. The fourth-order valence-corrected chi connectivity index (χ4v) is 6.48. The molecular formula is C27H27N3O6S3. The second kappa shape index (κ2) is 12.7. The van der Waals surface area contributed by atoms with E-state index in [2.05, 4.69) is 17.0 Å². The van der Waals surface area contributed by atoms with E-state index in [-0.39, 0.29) is 17.5 Å². The number of carbonyl (C=O) groups excluding carboxylic acids is 4. The number of thiocarbonyl (C=S) groups is 1. The number of nitrogens with zero attached hydrogens (tertiary/aromatic N) is 3. The quantitative estimate of drug-likeness (QED) is 0.243. The number of benzene rings is 2. The smallest absolute Gasteiger partial charge is 0.325 e. The van der Waals surface area contributed by atoms with Gasteiger partial charge in [-0.2, -0.15) is 0 Å². The third-order valence-corrected chi connectivity index (χ3v) is 8.35. The summed E-state index contributed by atoms with van der Waals surface area (Å²) in [6.45, 7) is 2.23. The minimum Gasteiger partial charge on any atom is -0.465 e. The van der Waals surface area contributed by atoms with Crippen molar-refractivity contribution in [1.82, 2.24) is 9.80 Å². The Hall–Kier alpha value is -3.35. The number of hydrogen-bond donors (Lipinski definition) is 0. The highest BCUT2D eigenvalue weighted by Crippen LogP contribution is 2.47. The largest absolute Gasteiger partial charge is 0.465 e.